The minimum atomic E-state index is 0.692. The molecule has 0 aliphatic heterocycles. The van der Waals surface area contributed by atoms with Gasteiger partial charge in [-0.05, 0) is 56.9 Å². The van der Waals surface area contributed by atoms with E-state index in [4.69, 9.17) is 4.74 Å². The van der Waals surface area contributed by atoms with Gasteiger partial charge in [-0.3, -0.25) is 0 Å². The Morgan fingerprint density at radius 1 is 1.08 bits per heavy atom. The number of rotatable bonds is 5. The van der Waals surface area contributed by atoms with Gasteiger partial charge in [-0.25, -0.2) is 0 Å². The minimum absolute atomic E-state index is 0.692. The number of likely N-dealkylation sites (N-methyl/N-ethyl adjacent to an activating group) is 1. The largest absolute Gasteiger partial charge is 0.492 e. The van der Waals surface area contributed by atoms with E-state index >= 15 is 0 Å². The van der Waals surface area contributed by atoms with Crippen molar-refractivity contribution in [1.29, 1.82) is 0 Å². The molecule has 2 aromatic heterocycles. The molecule has 0 amide bonds. The summed E-state index contributed by atoms with van der Waals surface area (Å²) in [4.78, 5) is 5.64. The van der Waals surface area contributed by atoms with Crippen molar-refractivity contribution in [3.05, 3.63) is 60.3 Å². The van der Waals surface area contributed by atoms with Gasteiger partial charge in [0.1, 0.15) is 18.2 Å². The molecule has 4 rings (SSSR count). The highest BCUT2D eigenvalue weighted by atomic mass is 16.5. The monoisotopic (exact) mass is 333 g/mol. The molecule has 0 spiro atoms. The number of aryl methyl sites for hydroxylation is 1. The van der Waals surface area contributed by atoms with Crippen molar-refractivity contribution in [2.45, 2.75) is 6.92 Å². The molecule has 25 heavy (non-hydrogen) atoms. The molecule has 0 unspecified atom stereocenters. The van der Waals surface area contributed by atoms with Crippen LogP contribution in [-0.4, -0.2) is 41.7 Å². The molecular formula is C21H23N3O. The van der Waals surface area contributed by atoms with Crippen molar-refractivity contribution >= 4 is 21.8 Å². The number of benzene rings is 2. The molecule has 4 aromatic rings. The average molecular weight is 333 g/mol. The first-order valence-electron chi connectivity index (χ1n) is 8.59. The first-order valence-corrected chi connectivity index (χ1v) is 8.59. The Morgan fingerprint density at radius 3 is 2.76 bits per heavy atom. The van der Waals surface area contributed by atoms with E-state index in [0.29, 0.717) is 6.61 Å². The van der Waals surface area contributed by atoms with Crippen molar-refractivity contribution in [3.63, 3.8) is 0 Å². The molecular weight excluding hydrogens is 310 g/mol. The maximum absolute atomic E-state index is 5.85. The summed E-state index contributed by atoms with van der Waals surface area (Å²) >= 11 is 0. The zero-order chi connectivity index (χ0) is 17.4. The SMILES string of the molecule is Cc1cn(-c2cc3cc(OCCN(C)C)ccc3[nH]2)c2ccccc12. The first kappa shape index (κ1) is 15.8. The number of nitrogens with one attached hydrogen (secondary N) is 1. The Morgan fingerprint density at radius 2 is 1.92 bits per heavy atom. The van der Waals surface area contributed by atoms with Gasteiger partial charge in [0.15, 0.2) is 0 Å². The number of aromatic nitrogens is 2. The highest BCUT2D eigenvalue weighted by molar-refractivity contribution is 5.88. The number of ether oxygens (including phenoxy) is 1. The van der Waals surface area contributed by atoms with E-state index in [-0.39, 0.29) is 0 Å². The Hall–Kier alpha value is -2.72. The highest BCUT2D eigenvalue weighted by Gasteiger charge is 2.09. The molecule has 0 radical (unpaired) electrons. The molecule has 2 heterocycles. The topological polar surface area (TPSA) is 33.2 Å². The second-order valence-corrected chi connectivity index (χ2v) is 6.75. The van der Waals surface area contributed by atoms with Crippen LogP contribution in [-0.2, 0) is 0 Å². The van der Waals surface area contributed by atoms with Crippen LogP contribution in [0, 0.1) is 6.92 Å². The Labute approximate surface area is 147 Å². The third-order valence-electron chi connectivity index (χ3n) is 4.56. The van der Waals surface area contributed by atoms with Gasteiger partial charge in [-0.1, -0.05) is 18.2 Å². The van der Waals surface area contributed by atoms with E-state index in [2.05, 4.69) is 70.0 Å². The van der Waals surface area contributed by atoms with E-state index < -0.39 is 0 Å². The van der Waals surface area contributed by atoms with Crippen LogP contribution in [0.25, 0.3) is 27.6 Å². The average Bonchev–Trinajstić information content (AvgIpc) is 3.16. The van der Waals surface area contributed by atoms with Gasteiger partial charge in [0.2, 0.25) is 0 Å². The predicted molar refractivity (Wildman–Crippen MR) is 104 cm³/mol. The summed E-state index contributed by atoms with van der Waals surface area (Å²) in [5, 5.41) is 2.45. The lowest BCUT2D eigenvalue weighted by Crippen LogP contribution is -2.19. The fourth-order valence-electron chi connectivity index (χ4n) is 3.21. The number of hydrogen-bond acceptors (Lipinski definition) is 2. The molecule has 0 saturated heterocycles. The molecule has 1 N–H and O–H groups in total. The van der Waals surface area contributed by atoms with E-state index in [1.54, 1.807) is 0 Å². The number of para-hydroxylation sites is 1. The van der Waals surface area contributed by atoms with Crippen LogP contribution in [0.2, 0.25) is 0 Å². The summed E-state index contributed by atoms with van der Waals surface area (Å²) in [5.74, 6) is 1.98. The summed E-state index contributed by atoms with van der Waals surface area (Å²) in [6.07, 6.45) is 2.18. The van der Waals surface area contributed by atoms with Crippen molar-refractivity contribution in [1.82, 2.24) is 14.5 Å². The van der Waals surface area contributed by atoms with E-state index in [0.717, 1.165) is 29.0 Å². The second-order valence-electron chi connectivity index (χ2n) is 6.75. The van der Waals surface area contributed by atoms with Gasteiger partial charge >= 0.3 is 0 Å². The second kappa shape index (κ2) is 6.30. The molecule has 4 nitrogen and oxygen atoms in total. The van der Waals surface area contributed by atoms with E-state index in [9.17, 15) is 0 Å². The van der Waals surface area contributed by atoms with E-state index in [1.807, 2.05) is 20.2 Å². The van der Waals surface area contributed by atoms with Gasteiger partial charge in [-0.15, -0.1) is 0 Å². The maximum atomic E-state index is 5.85. The molecule has 0 fully saturated rings. The van der Waals surface area contributed by atoms with E-state index in [1.165, 1.54) is 16.5 Å². The lowest BCUT2D eigenvalue weighted by molar-refractivity contribution is 0.261. The fraction of sp³-hybridized carbons (Fsp3) is 0.238. The standard InChI is InChI=1S/C21H23N3O/c1-15-14-24(20-7-5-4-6-18(15)20)21-13-16-12-17(8-9-19(16)22-21)25-11-10-23(2)3/h4-9,12-14,22H,10-11H2,1-3H3. The molecule has 128 valence electrons. The van der Waals surface area contributed by atoms with Gasteiger partial charge in [0.05, 0.1) is 5.52 Å². The van der Waals surface area contributed by atoms with Crippen LogP contribution in [0.4, 0.5) is 0 Å². The summed E-state index contributed by atoms with van der Waals surface area (Å²) in [7, 11) is 4.10. The Bertz CT molecular complexity index is 1030. The first-order chi connectivity index (χ1) is 12.1. The van der Waals surface area contributed by atoms with Crippen LogP contribution in [0.5, 0.6) is 5.75 Å². The van der Waals surface area contributed by atoms with Crippen LogP contribution in [0.1, 0.15) is 5.56 Å². The number of H-pyrrole nitrogens is 1. The van der Waals surface area contributed by atoms with Gasteiger partial charge in [-0.2, -0.15) is 0 Å². The normalized spacial score (nSPS) is 11.7. The Kier molecular flexibility index (Phi) is 3.98. The van der Waals surface area contributed by atoms with Crippen LogP contribution < -0.4 is 4.74 Å². The zero-order valence-electron chi connectivity index (χ0n) is 14.9. The third kappa shape index (κ3) is 3.01. The molecule has 4 heteroatoms. The molecule has 0 aliphatic carbocycles. The highest BCUT2D eigenvalue weighted by Crippen LogP contribution is 2.27. The summed E-state index contributed by atoms with van der Waals surface area (Å²) < 4.78 is 8.07. The van der Waals surface area contributed by atoms with Gasteiger partial charge < -0.3 is 19.2 Å². The lowest BCUT2D eigenvalue weighted by Gasteiger charge is -2.10. The molecule has 0 aliphatic rings. The zero-order valence-corrected chi connectivity index (χ0v) is 14.9. The predicted octanol–water partition coefficient (Wildman–Crippen LogP) is 4.36. The summed E-state index contributed by atoms with van der Waals surface area (Å²) in [5.41, 5.74) is 3.61. The van der Waals surface area contributed by atoms with Crippen molar-refractivity contribution < 1.29 is 4.74 Å². The quantitative estimate of drug-likeness (QED) is 0.589. The maximum Gasteiger partial charge on any atom is 0.120 e. The molecule has 2 aromatic carbocycles. The van der Waals surface area contributed by atoms with Gasteiger partial charge in [0.25, 0.3) is 0 Å². The number of hydrogen-bond donors (Lipinski definition) is 1. The van der Waals surface area contributed by atoms with Gasteiger partial charge in [0, 0.05) is 29.0 Å². The van der Waals surface area contributed by atoms with Crippen LogP contribution >= 0.6 is 0 Å². The Balaban J connectivity index is 1.69. The van der Waals surface area contributed by atoms with Crippen molar-refractivity contribution in [3.8, 4) is 11.6 Å². The molecule has 0 saturated carbocycles. The van der Waals surface area contributed by atoms with Crippen molar-refractivity contribution in [2.75, 3.05) is 27.2 Å². The molecule has 0 atom stereocenters. The number of fused-ring (bicyclic) bond motifs is 2. The fourth-order valence-corrected chi connectivity index (χ4v) is 3.21. The molecule has 0 bridgehead atoms. The van der Waals surface area contributed by atoms with Crippen LogP contribution in [0.3, 0.4) is 0 Å². The van der Waals surface area contributed by atoms with Crippen LogP contribution in [0.15, 0.2) is 54.7 Å². The number of aromatic amines is 1. The smallest absolute Gasteiger partial charge is 0.120 e. The number of nitrogens with zero attached hydrogens (tertiary/aromatic N) is 2. The third-order valence-corrected chi connectivity index (χ3v) is 4.56. The summed E-state index contributed by atoms with van der Waals surface area (Å²) in [6.45, 7) is 3.75. The van der Waals surface area contributed by atoms with Crippen molar-refractivity contribution in [2.24, 2.45) is 0 Å². The minimum Gasteiger partial charge on any atom is -0.492 e. The summed E-state index contributed by atoms with van der Waals surface area (Å²) in [6, 6.07) is 16.9. The lowest BCUT2D eigenvalue weighted by atomic mass is 10.2.